The average molecular weight is 235 g/mol. The maximum atomic E-state index is 9.37. The molecule has 0 unspecified atom stereocenters. The highest BCUT2D eigenvalue weighted by atomic mass is 16.4. The number of aliphatic carboxylic acids is 1. The van der Waals surface area contributed by atoms with E-state index in [0.717, 1.165) is 12.2 Å². The zero-order valence-electron chi connectivity index (χ0n) is 10.8. The van der Waals surface area contributed by atoms with Gasteiger partial charge in [-0.3, -0.25) is 4.79 Å². The lowest BCUT2D eigenvalue weighted by Gasteiger charge is -2.06. The van der Waals surface area contributed by atoms with Crippen molar-refractivity contribution in [3.05, 3.63) is 42.0 Å². The number of hydrogen-bond acceptors (Lipinski definition) is 2. The molecule has 2 N–H and O–H groups in total. The van der Waals surface area contributed by atoms with Crippen molar-refractivity contribution in [1.29, 1.82) is 0 Å². The molecule has 0 heterocycles. The van der Waals surface area contributed by atoms with Crippen LogP contribution in [0.1, 0.15) is 31.4 Å². The number of carbonyl (C=O) groups is 1. The van der Waals surface area contributed by atoms with E-state index in [1.54, 1.807) is 6.92 Å². The van der Waals surface area contributed by atoms with Crippen LogP contribution in [0.2, 0.25) is 0 Å². The molecule has 0 radical (unpaired) electrons. The third-order valence-electron chi connectivity index (χ3n) is 2.09. The summed E-state index contributed by atoms with van der Waals surface area (Å²) in [4.78, 5) is 9.37. The highest BCUT2D eigenvalue weighted by Crippen LogP contribution is 2.09. The Hall–Kier alpha value is -1.77. The van der Waals surface area contributed by atoms with Crippen LogP contribution in [0, 0.1) is 6.92 Å². The number of carboxylic acids is 1. The van der Waals surface area contributed by atoms with Crippen molar-refractivity contribution in [3.63, 3.8) is 0 Å². The second kappa shape index (κ2) is 8.39. The third kappa shape index (κ3) is 7.17. The van der Waals surface area contributed by atoms with Gasteiger partial charge in [-0.15, -0.1) is 0 Å². The molecule has 0 saturated carbocycles. The van der Waals surface area contributed by atoms with Gasteiger partial charge >= 0.3 is 5.97 Å². The average Bonchev–Trinajstić information content (AvgIpc) is 2.31. The van der Waals surface area contributed by atoms with Gasteiger partial charge < -0.3 is 10.4 Å². The molecule has 0 aliphatic rings. The van der Waals surface area contributed by atoms with Crippen molar-refractivity contribution in [2.45, 2.75) is 27.2 Å². The molecule has 0 aliphatic carbocycles. The summed E-state index contributed by atoms with van der Waals surface area (Å²) >= 11 is 0. The van der Waals surface area contributed by atoms with Crippen molar-refractivity contribution in [2.24, 2.45) is 0 Å². The first kappa shape index (κ1) is 15.2. The number of nitrogens with one attached hydrogen (secondary N) is 1. The molecule has 0 aromatic heterocycles. The van der Waals surface area contributed by atoms with Crippen molar-refractivity contribution in [1.82, 2.24) is 5.32 Å². The van der Waals surface area contributed by atoms with Gasteiger partial charge in [-0.05, 0) is 19.4 Å². The quantitative estimate of drug-likeness (QED) is 0.843. The summed E-state index contributed by atoms with van der Waals surface area (Å²) in [6, 6.07) is 8.36. The molecule has 1 aromatic rings. The molecule has 0 bridgehead atoms. The molecular weight excluding hydrogens is 214 g/mol. The van der Waals surface area contributed by atoms with Crippen LogP contribution in [0.3, 0.4) is 0 Å². The van der Waals surface area contributed by atoms with Crippen LogP contribution < -0.4 is 5.32 Å². The van der Waals surface area contributed by atoms with Gasteiger partial charge in [0.05, 0.1) is 0 Å². The monoisotopic (exact) mass is 235 g/mol. The van der Waals surface area contributed by atoms with Gasteiger partial charge in [-0.1, -0.05) is 43.3 Å². The third-order valence-corrected chi connectivity index (χ3v) is 2.09. The molecule has 3 nitrogen and oxygen atoms in total. The van der Waals surface area contributed by atoms with E-state index in [9.17, 15) is 4.79 Å². The molecule has 1 aromatic carbocycles. The zero-order chi connectivity index (χ0) is 13.3. The van der Waals surface area contributed by atoms with Crippen molar-refractivity contribution < 1.29 is 9.90 Å². The Labute approximate surface area is 103 Å². The van der Waals surface area contributed by atoms with E-state index >= 15 is 0 Å². The minimum absolute atomic E-state index is 0.222. The lowest BCUT2D eigenvalue weighted by molar-refractivity contribution is -0.136. The predicted octanol–water partition coefficient (Wildman–Crippen LogP) is 3.06. The van der Waals surface area contributed by atoms with Crippen molar-refractivity contribution in [3.8, 4) is 0 Å². The Morgan fingerprint density at radius 1 is 1.29 bits per heavy atom. The SMILES string of the molecule is C=C(NCC)c1ccc(C)cc1.CCC(=O)O. The van der Waals surface area contributed by atoms with Crippen LogP contribution in [-0.4, -0.2) is 17.6 Å². The van der Waals surface area contributed by atoms with Gasteiger partial charge in [-0.25, -0.2) is 0 Å². The Morgan fingerprint density at radius 2 is 1.76 bits per heavy atom. The first-order valence-corrected chi connectivity index (χ1v) is 5.72. The Kier molecular flexibility index (Phi) is 7.52. The van der Waals surface area contributed by atoms with Gasteiger partial charge in [0, 0.05) is 18.7 Å². The normalized spacial score (nSPS) is 8.88. The Morgan fingerprint density at radius 3 is 2.12 bits per heavy atom. The summed E-state index contributed by atoms with van der Waals surface area (Å²) < 4.78 is 0. The maximum Gasteiger partial charge on any atom is 0.303 e. The zero-order valence-corrected chi connectivity index (χ0v) is 10.8. The number of hydrogen-bond donors (Lipinski definition) is 2. The van der Waals surface area contributed by atoms with E-state index in [2.05, 4.69) is 50.0 Å². The second-order valence-electron chi connectivity index (χ2n) is 3.62. The van der Waals surface area contributed by atoms with Gasteiger partial charge in [-0.2, -0.15) is 0 Å². The number of aryl methyl sites for hydroxylation is 1. The number of carboxylic acid groups (broad SMARTS) is 1. The molecule has 0 amide bonds. The molecule has 1 rings (SSSR count). The molecule has 0 aliphatic heterocycles. The van der Waals surface area contributed by atoms with E-state index in [-0.39, 0.29) is 6.42 Å². The van der Waals surface area contributed by atoms with E-state index in [4.69, 9.17) is 5.11 Å². The standard InChI is InChI=1S/C11H15N.C3H6O2/c1-4-12-10(3)11-7-5-9(2)6-8-11;1-2-3(4)5/h5-8,12H,3-4H2,1-2H3;2H2,1H3,(H,4,5). The molecule has 0 fully saturated rings. The molecule has 3 heteroatoms. The van der Waals surface area contributed by atoms with Crippen LogP contribution in [0.25, 0.3) is 5.70 Å². The van der Waals surface area contributed by atoms with Gasteiger partial charge in [0.1, 0.15) is 0 Å². The smallest absolute Gasteiger partial charge is 0.303 e. The van der Waals surface area contributed by atoms with E-state index < -0.39 is 5.97 Å². The first-order chi connectivity index (χ1) is 8.01. The fourth-order valence-corrected chi connectivity index (χ4v) is 1.07. The van der Waals surface area contributed by atoms with Crippen LogP contribution in [0.15, 0.2) is 30.8 Å². The van der Waals surface area contributed by atoms with Crippen LogP contribution in [-0.2, 0) is 4.79 Å². The second-order valence-corrected chi connectivity index (χ2v) is 3.62. The van der Waals surface area contributed by atoms with Crippen LogP contribution in [0.4, 0.5) is 0 Å². The summed E-state index contributed by atoms with van der Waals surface area (Å²) in [5, 5.41) is 10.9. The predicted molar refractivity (Wildman–Crippen MR) is 71.8 cm³/mol. The van der Waals surface area contributed by atoms with Gasteiger partial charge in [0.15, 0.2) is 0 Å². The highest BCUT2D eigenvalue weighted by Gasteiger charge is 1.94. The highest BCUT2D eigenvalue weighted by molar-refractivity contribution is 5.66. The van der Waals surface area contributed by atoms with Gasteiger partial charge in [0.2, 0.25) is 0 Å². The first-order valence-electron chi connectivity index (χ1n) is 5.72. The van der Waals surface area contributed by atoms with Crippen LogP contribution in [0.5, 0.6) is 0 Å². The largest absolute Gasteiger partial charge is 0.481 e. The van der Waals surface area contributed by atoms with Crippen LogP contribution >= 0.6 is 0 Å². The molecular formula is C14H21NO2. The fraction of sp³-hybridized carbons (Fsp3) is 0.357. The minimum Gasteiger partial charge on any atom is -0.481 e. The summed E-state index contributed by atoms with van der Waals surface area (Å²) in [6.07, 6.45) is 0.222. The molecule has 0 atom stereocenters. The Bertz CT molecular complexity index is 355. The summed E-state index contributed by atoms with van der Waals surface area (Å²) in [7, 11) is 0. The maximum absolute atomic E-state index is 9.37. The number of benzene rings is 1. The lowest BCUT2D eigenvalue weighted by Crippen LogP contribution is -2.09. The van der Waals surface area contributed by atoms with E-state index in [0.29, 0.717) is 0 Å². The molecule has 17 heavy (non-hydrogen) atoms. The molecule has 0 saturated heterocycles. The summed E-state index contributed by atoms with van der Waals surface area (Å²) in [6.45, 7) is 10.6. The van der Waals surface area contributed by atoms with E-state index in [1.165, 1.54) is 11.1 Å². The molecule has 0 spiro atoms. The summed E-state index contributed by atoms with van der Waals surface area (Å²) in [5.41, 5.74) is 3.45. The summed E-state index contributed by atoms with van der Waals surface area (Å²) in [5.74, 6) is -0.745. The fourth-order valence-electron chi connectivity index (χ4n) is 1.07. The molecule has 94 valence electrons. The van der Waals surface area contributed by atoms with E-state index in [1.807, 2.05) is 0 Å². The minimum atomic E-state index is -0.745. The van der Waals surface area contributed by atoms with Crippen molar-refractivity contribution >= 4 is 11.7 Å². The van der Waals surface area contributed by atoms with Gasteiger partial charge in [0.25, 0.3) is 0 Å². The number of rotatable bonds is 4. The van der Waals surface area contributed by atoms with Crippen molar-refractivity contribution in [2.75, 3.05) is 6.54 Å². The Balaban J connectivity index is 0.000000437. The lowest BCUT2D eigenvalue weighted by atomic mass is 10.1. The topological polar surface area (TPSA) is 49.3 Å².